The summed E-state index contributed by atoms with van der Waals surface area (Å²) in [6, 6.07) is 6.25. The maximum absolute atomic E-state index is 12.3. The molecular weight excluding hydrogens is 256 g/mol. The van der Waals surface area contributed by atoms with Gasteiger partial charge in [-0.3, -0.25) is 0 Å². The molecule has 1 aromatic heterocycles. The molecule has 102 valence electrons. The van der Waals surface area contributed by atoms with Crippen LogP contribution in [0.1, 0.15) is 25.1 Å². The number of aliphatic hydroxyl groups excluding tert-OH is 1. The second-order valence-corrected chi connectivity index (χ2v) is 3.86. The largest absolute Gasteiger partial charge is 0.433 e. The Morgan fingerprint density at radius 2 is 2.11 bits per heavy atom. The van der Waals surface area contributed by atoms with Gasteiger partial charge >= 0.3 is 6.61 Å². The Labute approximate surface area is 108 Å². The molecule has 5 nitrogen and oxygen atoms in total. The van der Waals surface area contributed by atoms with E-state index in [9.17, 15) is 13.9 Å². The van der Waals surface area contributed by atoms with Crippen molar-refractivity contribution in [2.24, 2.45) is 0 Å². The van der Waals surface area contributed by atoms with Gasteiger partial charge in [0, 0.05) is 0 Å². The Kier molecular flexibility index (Phi) is 4.06. The third-order valence-electron chi connectivity index (χ3n) is 2.57. The topological polar surface area (TPSA) is 60.2 Å². The van der Waals surface area contributed by atoms with Crippen molar-refractivity contribution in [1.82, 2.24) is 15.0 Å². The Morgan fingerprint density at radius 1 is 1.37 bits per heavy atom. The quantitative estimate of drug-likeness (QED) is 0.904. The molecule has 0 aliphatic heterocycles. The number of alkyl halides is 2. The van der Waals surface area contributed by atoms with Crippen LogP contribution in [0.4, 0.5) is 8.78 Å². The van der Waals surface area contributed by atoms with Gasteiger partial charge < -0.3 is 9.84 Å². The first-order valence-electron chi connectivity index (χ1n) is 5.76. The van der Waals surface area contributed by atoms with Crippen LogP contribution in [0.3, 0.4) is 0 Å². The smallest absolute Gasteiger partial charge is 0.387 e. The lowest BCUT2D eigenvalue weighted by Crippen LogP contribution is -2.06. The minimum absolute atomic E-state index is 0.0000572. The molecule has 0 radical (unpaired) electrons. The molecule has 0 fully saturated rings. The molecule has 0 bridgehead atoms. The fourth-order valence-electron chi connectivity index (χ4n) is 1.60. The molecule has 0 spiro atoms. The van der Waals surface area contributed by atoms with Gasteiger partial charge in [-0.15, -0.1) is 5.10 Å². The van der Waals surface area contributed by atoms with Crippen molar-refractivity contribution in [2.75, 3.05) is 0 Å². The molecule has 19 heavy (non-hydrogen) atoms. The van der Waals surface area contributed by atoms with Gasteiger partial charge in [0.1, 0.15) is 11.4 Å². The van der Waals surface area contributed by atoms with Crippen molar-refractivity contribution in [3.05, 3.63) is 36.2 Å². The zero-order chi connectivity index (χ0) is 13.8. The van der Waals surface area contributed by atoms with E-state index >= 15 is 0 Å². The molecule has 1 N–H and O–H groups in total. The summed E-state index contributed by atoms with van der Waals surface area (Å²) in [7, 11) is 0. The molecule has 7 heteroatoms. The van der Waals surface area contributed by atoms with Gasteiger partial charge in [0.25, 0.3) is 0 Å². The van der Waals surface area contributed by atoms with Crippen molar-refractivity contribution in [2.45, 2.75) is 26.1 Å². The van der Waals surface area contributed by atoms with Gasteiger partial charge in [-0.05, 0) is 18.6 Å². The Balaban J connectivity index is 2.33. The fraction of sp³-hybridized carbons (Fsp3) is 0.333. The minimum atomic E-state index is -2.91. The van der Waals surface area contributed by atoms with E-state index < -0.39 is 12.7 Å². The second kappa shape index (κ2) is 5.75. The molecule has 0 saturated carbocycles. The monoisotopic (exact) mass is 269 g/mol. The Morgan fingerprint density at radius 3 is 2.79 bits per heavy atom. The van der Waals surface area contributed by atoms with Crippen molar-refractivity contribution in [3.63, 3.8) is 0 Å². The Bertz CT molecular complexity index is 545. The van der Waals surface area contributed by atoms with Crippen LogP contribution >= 0.6 is 0 Å². The molecule has 0 aliphatic rings. The van der Waals surface area contributed by atoms with Gasteiger partial charge in [0.05, 0.1) is 12.3 Å². The van der Waals surface area contributed by atoms with Crippen LogP contribution in [-0.4, -0.2) is 26.7 Å². The summed E-state index contributed by atoms with van der Waals surface area (Å²) in [5.41, 5.74) is 0.721. The van der Waals surface area contributed by atoms with Crippen LogP contribution in [-0.2, 0) is 0 Å². The van der Waals surface area contributed by atoms with E-state index in [4.69, 9.17) is 0 Å². The van der Waals surface area contributed by atoms with E-state index in [-0.39, 0.29) is 5.75 Å². The molecule has 1 unspecified atom stereocenters. The first-order chi connectivity index (χ1) is 9.11. The first kappa shape index (κ1) is 13.4. The summed E-state index contributed by atoms with van der Waals surface area (Å²) in [5, 5.41) is 17.2. The summed E-state index contributed by atoms with van der Waals surface area (Å²) in [5.74, 6) is -0.0000572. The summed E-state index contributed by atoms with van der Waals surface area (Å²) in [6.45, 7) is -1.11. The van der Waals surface area contributed by atoms with E-state index in [1.54, 1.807) is 25.1 Å². The van der Waals surface area contributed by atoms with E-state index in [1.807, 2.05) is 0 Å². The summed E-state index contributed by atoms with van der Waals surface area (Å²) < 4.78 is 30.3. The van der Waals surface area contributed by atoms with E-state index in [1.165, 1.54) is 16.9 Å². The molecule has 0 aliphatic carbocycles. The van der Waals surface area contributed by atoms with Crippen molar-refractivity contribution in [1.29, 1.82) is 0 Å². The lowest BCUT2D eigenvalue weighted by atomic mass is 10.2. The number of para-hydroxylation sites is 2. The highest BCUT2D eigenvalue weighted by Gasteiger charge is 2.14. The van der Waals surface area contributed by atoms with Crippen LogP contribution in [0.15, 0.2) is 30.5 Å². The van der Waals surface area contributed by atoms with Gasteiger partial charge in [0.15, 0.2) is 5.75 Å². The molecular formula is C12H13F2N3O2. The fourth-order valence-corrected chi connectivity index (χ4v) is 1.60. The van der Waals surface area contributed by atoms with Crippen LogP contribution in [0.2, 0.25) is 0 Å². The van der Waals surface area contributed by atoms with Gasteiger partial charge in [0.2, 0.25) is 0 Å². The molecule has 0 amide bonds. The predicted molar refractivity (Wildman–Crippen MR) is 63.2 cm³/mol. The zero-order valence-corrected chi connectivity index (χ0v) is 10.2. The van der Waals surface area contributed by atoms with Crippen LogP contribution in [0.25, 0.3) is 5.69 Å². The van der Waals surface area contributed by atoms with E-state index in [0.717, 1.165) is 0 Å². The third-order valence-corrected chi connectivity index (χ3v) is 2.57. The summed E-state index contributed by atoms with van der Waals surface area (Å²) in [6.07, 6.45) is 1.26. The number of ether oxygens (including phenoxy) is 1. The molecule has 0 saturated heterocycles. The first-order valence-corrected chi connectivity index (χ1v) is 5.76. The number of benzene rings is 1. The van der Waals surface area contributed by atoms with Gasteiger partial charge in [-0.1, -0.05) is 24.3 Å². The standard InChI is InChI=1S/C12H13F2N3O2/c1-2-10(18)8-7-17(16-15-8)9-5-3-4-6-11(9)19-12(13)14/h3-7,10,12,18H,2H2,1H3. The van der Waals surface area contributed by atoms with Crippen molar-refractivity contribution in [3.8, 4) is 11.4 Å². The lowest BCUT2D eigenvalue weighted by Gasteiger charge is -2.09. The molecule has 2 aromatic rings. The second-order valence-electron chi connectivity index (χ2n) is 3.86. The SMILES string of the molecule is CCC(O)c1cn(-c2ccccc2OC(F)F)nn1. The normalized spacial score (nSPS) is 12.7. The predicted octanol–water partition coefficient (Wildman–Crippen LogP) is 2.31. The third kappa shape index (κ3) is 3.05. The molecule has 1 heterocycles. The summed E-state index contributed by atoms with van der Waals surface area (Å²) in [4.78, 5) is 0. The zero-order valence-electron chi connectivity index (χ0n) is 10.2. The van der Waals surface area contributed by atoms with E-state index in [2.05, 4.69) is 15.0 Å². The van der Waals surface area contributed by atoms with Crippen LogP contribution in [0, 0.1) is 0 Å². The average molecular weight is 269 g/mol. The number of rotatable bonds is 5. The molecule has 1 atom stereocenters. The lowest BCUT2D eigenvalue weighted by molar-refractivity contribution is -0.0499. The number of hydrogen-bond acceptors (Lipinski definition) is 4. The van der Waals surface area contributed by atoms with E-state index in [0.29, 0.717) is 17.8 Å². The maximum atomic E-state index is 12.3. The number of nitrogens with zero attached hydrogens (tertiary/aromatic N) is 3. The minimum Gasteiger partial charge on any atom is -0.433 e. The number of aromatic nitrogens is 3. The maximum Gasteiger partial charge on any atom is 0.387 e. The number of hydrogen-bond donors (Lipinski definition) is 1. The Hall–Kier alpha value is -2.02. The molecule has 1 aromatic carbocycles. The highest BCUT2D eigenvalue weighted by molar-refractivity contribution is 5.45. The average Bonchev–Trinajstić information content (AvgIpc) is 2.87. The summed E-state index contributed by atoms with van der Waals surface area (Å²) >= 11 is 0. The van der Waals surface area contributed by atoms with Crippen molar-refractivity contribution >= 4 is 0 Å². The highest BCUT2D eigenvalue weighted by atomic mass is 19.3. The van der Waals surface area contributed by atoms with Crippen LogP contribution in [0.5, 0.6) is 5.75 Å². The van der Waals surface area contributed by atoms with Crippen LogP contribution < -0.4 is 4.74 Å². The van der Waals surface area contributed by atoms with Gasteiger partial charge in [-0.2, -0.15) is 8.78 Å². The van der Waals surface area contributed by atoms with Crippen molar-refractivity contribution < 1.29 is 18.6 Å². The molecule has 2 rings (SSSR count). The highest BCUT2D eigenvalue weighted by Crippen LogP contribution is 2.24. The number of halogens is 2. The van der Waals surface area contributed by atoms with Gasteiger partial charge in [-0.25, -0.2) is 4.68 Å². The number of aliphatic hydroxyl groups is 1.